The molecule has 0 aliphatic heterocycles. The first kappa shape index (κ1) is 24.9. The number of hydrogen-bond acceptors (Lipinski definition) is 3. The van der Waals surface area contributed by atoms with E-state index in [0.717, 1.165) is 0 Å². The Hall–Kier alpha value is -2.37. The van der Waals surface area contributed by atoms with Gasteiger partial charge in [0.25, 0.3) is 8.32 Å². The normalized spacial score (nSPS) is 13.8. The molecule has 0 aromatic heterocycles. The van der Waals surface area contributed by atoms with Crippen molar-refractivity contribution in [3.63, 3.8) is 0 Å². The molecule has 0 aliphatic carbocycles. The van der Waals surface area contributed by atoms with Gasteiger partial charge in [-0.25, -0.2) is 4.79 Å². The molecule has 0 saturated carbocycles. The van der Waals surface area contributed by atoms with Gasteiger partial charge in [-0.2, -0.15) is 0 Å². The third-order valence-corrected chi connectivity index (χ3v) is 10.0. The van der Waals surface area contributed by atoms with Gasteiger partial charge in [0.1, 0.15) is 5.60 Å². The van der Waals surface area contributed by atoms with E-state index >= 15 is 0 Å². The molecule has 0 radical (unpaired) electrons. The van der Waals surface area contributed by atoms with E-state index in [2.05, 4.69) is 74.6 Å². The highest BCUT2D eigenvalue weighted by molar-refractivity contribution is 6.99. The summed E-state index contributed by atoms with van der Waals surface area (Å²) >= 11 is 0. The second kappa shape index (κ2) is 10.3. The molecule has 168 valence electrons. The van der Waals surface area contributed by atoms with Crippen LogP contribution in [0, 0.1) is 0 Å². The summed E-state index contributed by atoms with van der Waals surface area (Å²) in [5, 5.41) is 5.25. The van der Waals surface area contributed by atoms with E-state index in [-0.39, 0.29) is 11.1 Å². The van der Waals surface area contributed by atoms with Crippen LogP contribution in [0.3, 0.4) is 0 Å². The number of allylic oxidation sites excluding steroid dienone is 1. The Morgan fingerprint density at radius 1 is 0.935 bits per heavy atom. The maximum atomic E-state index is 12.4. The van der Waals surface area contributed by atoms with Crippen molar-refractivity contribution < 1.29 is 14.0 Å². The lowest BCUT2D eigenvalue weighted by atomic mass is 10.2. The number of benzene rings is 2. The SMILES string of the molecule is C/C=C/[C@@H](CO[Si](c1ccccc1)(c1ccccc1)C(C)(C)C)NC(=O)OC(C)(C)C. The number of rotatable bonds is 7. The zero-order chi connectivity index (χ0) is 23.1. The third kappa shape index (κ3) is 6.55. The van der Waals surface area contributed by atoms with Crippen LogP contribution < -0.4 is 15.7 Å². The second-order valence-corrected chi connectivity index (χ2v) is 14.1. The van der Waals surface area contributed by atoms with E-state index in [1.807, 2.05) is 52.0 Å². The standard InChI is InChI=1S/C26H37NO3Si/c1-8-15-21(27-24(28)30-25(2,3)4)20-29-31(26(5,6)7,22-16-11-9-12-17-22)23-18-13-10-14-19-23/h8-19,21H,20H2,1-7H3,(H,27,28)/b15-8+/t21-/m0/s1. The molecule has 0 aliphatic rings. The first-order valence-electron chi connectivity index (χ1n) is 10.9. The van der Waals surface area contributed by atoms with Gasteiger partial charge in [-0.1, -0.05) is 93.6 Å². The van der Waals surface area contributed by atoms with Crippen molar-refractivity contribution in [3.05, 3.63) is 72.8 Å². The molecule has 0 heterocycles. The van der Waals surface area contributed by atoms with Crippen molar-refractivity contribution in [2.75, 3.05) is 6.61 Å². The first-order valence-corrected chi connectivity index (χ1v) is 12.8. The number of alkyl carbamates (subject to hydrolysis) is 1. The monoisotopic (exact) mass is 439 g/mol. The fraction of sp³-hybridized carbons (Fsp3) is 0.423. The van der Waals surface area contributed by atoms with Gasteiger partial charge in [-0.05, 0) is 43.1 Å². The average Bonchev–Trinajstić information content (AvgIpc) is 2.67. The van der Waals surface area contributed by atoms with Gasteiger partial charge in [0, 0.05) is 0 Å². The minimum atomic E-state index is -2.66. The lowest BCUT2D eigenvalue weighted by Crippen LogP contribution is -2.67. The van der Waals surface area contributed by atoms with E-state index < -0.39 is 20.0 Å². The molecule has 0 spiro atoms. The van der Waals surface area contributed by atoms with Crippen LogP contribution >= 0.6 is 0 Å². The highest BCUT2D eigenvalue weighted by atomic mass is 28.4. The van der Waals surface area contributed by atoms with Gasteiger partial charge in [0.15, 0.2) is 0 Å². The summed E-state index contributed by atoms with van der Waals surface area (Å²) in [7, 11) is -2.66. The van der Waals surface area contributed by atoms with Crippen LogP contribution in [0.15, 0.2) is 72.8 Å². The quantitative estimate of drug-likeness (QED) is 0.486. The highest BCUT2D eigenvalue weighted by Gasteiger charge is 2.50. The Balaban J connectivity index is 2.42. The van der Waals surface area contributed by atoms with Gasteiger partial charge >= 0.3 is 6.09 Å². The predicted octanol–water partition coefficient (Wildman–Crippen LogP) is 5.03. The topological polar surface area (TPSA) is 47.6 Å². The molecule has 4 nitrogen and oxygen atoms in total. The zero-order valence-electron chi connectivity index (χ0n) is 19.9. The predicted molar refractivity (Wildman–Crippen MR) is 132 cm³/mol. The molecule has 0 fully saturated rings. The molecule has 2 aromatic carbocycles. The molecule has 1 amide bonds. The van der Waals surface area contributed by atoms with Crippen molar-refractivity contribution in [1.29, 1.82) is 0 Å². The second-order valence-electron chi connectivity index (χ2n) is 9.75. The number of nitrogens with one attached hydrogen (secondary N) is 1. The van der Waals surface area contributed by atoms with Crippen LogP contribution in [-0.2, 0) is 9.16 Å². The fourth-order valence-corrected chi connectivity index (χ4v) is 8.40. The van der Waals surface area contributed by atoms with Crippen LogP contribution in [-0.4, -0.2) is 32.7 Å². The molecule has 0 unspecified atom stereocenters. The summed E-state index contributed by atoms with van der Waals surface area (Å²) in [5.74, 6) is 0. The van der Waals surface area contributed by atoms with E-state index in [0.29, 0.717) is 6.61 Å². The van der Waals surface area contributed by atoms with Gasteiger partial charge in [-0.3, -0.25) is 0 Å². The molecular weight excluding hydrogens is 402 g/mol. The van der Waals surface area contributed by atoms with Gasteiger partial charge < -0.3 is 14.5 Å². The first-order chi connectivity index (χ1) is 14.5. The maximum Gasteiger partial charge on any atom is 0.408 e. The van der Waals surface area contributed by atoms with E-state index in [1.165, 1.54) is 10.4 Å². The van der Waals surface area contributed by atoms with E-state index in [9.17, 15) is 4.79 Å². The van der Waals surface area contributed by atoms with Gasteiger partial charge in [0.2, 0.25) is 0 Å². The molecule has 2 rings (SSSR count). The lowest BCUT2D eigenvalue weighted by molar-refractivity contribution is 0.0500. The Morgan fingerprint density at radius 3 is 1.81 bits per heavy atom. The summed E-state index contributed by atoms with van der Waals surface area (Å²) in [6.45, 7) is 14.6. The largest absolute Gasteiger partial charge is 0.444 e. The van der Waals surface area contributed by atoms with Crippen LogP contribution in [0.25, 0.3) is 0 Å². The summed E-state index contributed by atoms with van der Waals surface area (Å²) < 4.78 is 12.4. The Labute approximate surface area is 188 Å². The number of carbonyl (C=O) groups excluding carboxylic acids is 1. The number of ether oxygens (including phenoxy) is 1. The minimum Gasteiger partial charge on any atom is -0.444 e. The van der Waals surface area contributed by atoms with Crippen molar-refractivity contribution in [2.24, 2.45) is 0 Å². The molecule has 1 N–H and O–H groups in total. The number of amides is 1. The van der Waals surface area contributed by atoms with E-state index in [4.69, 9.17) is 9.16 Å². The molecule has 0 bridgehead atoms. The Morgan fingerprint density at radius 2 is 1.42 bits per heavy atom. The van der Waals surface area contributed by atoms with Gasteiger partial charge in [0.05, 0.1) is 12.6 Å². The average molecular weight is 440 g/mol. The minimum absolute atomic E-state index is 0.123. The van der Waals surface area contributed by atoms with Gasteiger partial charge in [-0.15, -0.1) is 0 Å². The lowest BCUT2D eigenvalue weighted by Gasteiger charge is -2.43. The maximum absolute atomic E-state index is 12.4. The molecule has 0 saturated heterocycles. The summed E-state index contributed by atoms with van der Waals surface area (Å²) in [6.07, 6.45) is 3.43. The van der Waals surface area contributed by atoms with Crippen molar-refractivity contribution in [3.8, 4) is 0 Å². The van der Waals surface area contributed by atoms with E-state index in [1.54, 1.807) is 0 Å². The molecule has 5 heteroatoms. The fourth-order valence-electron chi connectivity index (χ4n) is 3.81. The summed E-state index contributed by atoms with van der Waals surface area (Å²) in [6, 6.07) is 20.7. The molecular formula is C26H37NO3Si. The summed E-state index contributed by atoms with van der Waals surface area (Å²) in [4.78, 5) is 12.4. The Bertz CT molecular complexity index is 812. The van der Waals surface area contributed by atoms with Crippen molar-refractivity contribution in [1.82, 2.24) is 5.32 Å². The molecule has 31 heavy (non-hydrogen) atoms. The van der Waals surface area contributed by atoms with Crippen LogP contribution in [0.2, 0.25) is 5.04 Å². The number of carbonyl (C=O) groups is 1. The summed E-state index contributed by atoms with van der Waals surface area (Å²) in [5.41, 5.74) is -0.552. The Kier molecular flexibility index (Phi) is 8.26. The molecule has 2 aromatic rings. The number of hydrogen-bond donors (Lipinski definition) is 1. The highest BCUT2D eigenvalue weighted by Crippen LogP contribution is 2.36. The van der Waals surface area contributed by atoms with Crippen LogP contribution in [0.5, 0.6) is 0 Å². The van der Waals surface area contributed by atoms with Crippen LogP contribution in [0.4, 0.5) is 4.79 Å². The zero-order valence-corrected chi connectivity index (χ0v) is 20.9. The molecule has 1 atom stereocenters. The van der Waals surface area contributed by atoms with Crippen molar-refractivity contribution >= 4 is 24.8 Å². The van der Waals surface area contributed by atoms with Crippen molar-refractivity contribution in [2.45, 2.75) is 65.1 Å². The third-order valence-electron chi connectivity index (χ3n) is 5.02. The smallest absolute Gasteiger partial charge is 0.408 e. The van der Waals surface area contributed by atoms with Crippen LogP contribution in [0.1, 0.15) is 48.5 Å².